The Bertz CT molecular complexity index is 646. The molecule has 0 aliphatic heterocycles. The van der Waals surface area contributed by atoms with Crippen LogP contribution < -0.4 is 11.3 Å². The fraction of sp³-hybridized carbons (Fsp3) is 0.0909. The molecule has 0 bridgehead atoms. The second kappa shape index (κ2) is 6.23. The summed E-state index contributed by atoms with van der Waals surface area (Å²) in [5.74, 6) is 5.02. The van der Waals surface area contributed by atoms with Gasteiger partial charge < -0.3 is 10.2 Å². The highest BCUT2D eigenvalue weighted by Crippen LogP contribution is 2.19. The molecule has 0 saturated carbocycles. The lowest BCUT2D eigenvalue weighted by molar-refractivity contribution is 0.0516. The average molecular weight is 273 g/mol. The molecule has 0 radical (unpaired) electrons. The molecule has 3 N–H and O–H groups in total. The van der Waals surface area contributed by atoms with Crippen molar-refractivity contribution < 1.29 is 9.53 Å². The average Bonchev–Trinajstić information content (AvgIpc) is 2.92. The Kier molecular flexibility index (Phi) is 4.17. The molecule has 1 aromatic carbocycles. The van der Waals surface area contributed by atoms with Crippen LogP contribution in [0.25, 0.3) is 16.1 Å². The van der Waals surface area contributed by atoms with E-state index in [0.717, 1.165) is 5.69 Å². The number of nitrogens with zero attached hydrogens (tertiary/aromatic N) is 5. The van der Waals surface area contributed by atoms with E-state index in [1.807, 2.05) is 30.3 Å². The third-order valence-corrected chi connectivity index (χ3v) is 2.44. The number of ether oxygens (including phenoxy) is 1. The van der Waals surface area contributed by atoms with Gasteiger partial charge in [0.1, 0.15) is 5.56 Å². The van der Waals surface area contributed by atoms with Gasteiger partial charge in [-0.05, 0) is 17.7 Å². The van der Waals surface area contributed by atoms with Crippen LogP contribution in [-0.4, -0.2) is 22.5 Å². The Morgan fingerprint density at radius 2 is 2.25 bits per heavy atom. The normalized spacial score (nSPS) is 9.65. The van der Waals surface area contributed by atoms with Gasteiger partial charge in [-0.3, -0.25) is 0 Å². The number of benzene rings is 1. The lowest BCUT2D eigenvalue weighted by atomic mass is 10.3. The number of azide groups is 1. The second-order valence-electron chi connectivity index (χ2n) is 3.59. The van der Waals surface area contributed by atoms with Crippen LogP contribution in [-0.2, 0) is 4.74 Å². The number of aromatic nitrogens is 2. The van der Waals surface area contributed by atoms with Crippen molar-refractivity contribution in [2.75, 3.05) is 12.2 Å². The molecule has 20 heavy (non-hydrogen) atoms. The number of nitrogen functional groups attached to an aromatic ring is 1. The number of nitrogens with two attached hydrogens (primary N) is 1. The SMILES string of the molecule is [N-]=[N+]=NCOC(=O)c1cnn(-c2ccccc2)c1NN. The molecule has 0 atom stereocenters. The van der Waals surface area contributed by atoms with Gasteiger partial charge in [-0.15, -0.1) is 0 Å². The maximum atomic E-state index is 11.8. The number of para-hydroxylation sites is 1. The number of hydrogen-bond donors (Lipinski definition) is 2. The van der Waals surface area contributed by atoms with Crippen LogP contribution in [0.5, 0.6) is 0 Å². The van der Waals surface area contributed by atoms with E-state index in [1.165, 1.54) is 10.9 Å². The molecular weight excluding hydrogens is 262 g/mol. The monoisotopic (exact) mass is 273 g/mol. The Morgan fingerprint density at radius 3 is 2.90 bits per heavy atom. The van der Waals surface area contributed by atoms with Gasteiger partial charge in [-0.2, -0.15) is 5.10 Å². The van der Waals surface area contributed by atoms with Crippen molar-refractivity contribution in [1.29, 1.82) is 0 Å². The summed E-state index contributed by atoms with van der Waals surface area (Å²) in [6.45, 7) is -0.393. The van der Waals surface area contributed by atoms with Crippen molar-refractivity contribution in [2.24, 2.45) is 11.0 Å². The number of esters is 1. The van der Waals surface area contributed by atoms with E-state index in [9.17, 15) is 4.79 Å². The Hall–Kier alpha value is -3.03. The van der Waals surface area contributed by atoms with Crippen LogP contribution in [0.3, 0.4) is 0 Å². The van der Waals surface area contributed by atoms with E-state index < -0.39 is 12.7 Å². The molecule has 0 saturated heterocycles. The smallest absolute Gasteiger partial charge is 0.343 e. The fourth-order valence-corrected chi connectivity index (χ4v) is 1.59. The van der Waals surface area contributed by atoms with Crippen molar-refractivity contribution in [3.63, 3.8) is 0 Å². The lowest BCUT2D eigenvalue weighted by Gasteiger charge is -2.08. The maximum Gasteiger partial charge on any atom is 0.343 e. The van der Waals surface area contributed by atoms with Crippen molar-refractivity contribution in [2.45, 2.75) is 0 Å². The summed E-state index contributed by atoms with van der Waals surface area (Å²) in [6.07, 6.45) is 1.32. The van der Waals surface area contributed by atoms with Gasteiger partial charge >= 0.3 is 5.97 Å². The lowest BCUT2D eigenvalue weighted by Crippen LogP contribution is -2.16. The highest BCUT2D eigenvalue weighted by molar-refractivity contribution is 5.94. The molecule has 102 valence electrons. The number of anilines is 1. The highest BCUT2D eigenvalue weighted by Gasteiger charge is 2.18. The Labute approximate surface area is 113 Å². The largest absolute Gasteiger partial charge is 0.456 e. The van der Waals surface area contributed by atoms with Crippen molar-refractivity contribution in [1.82, 2.24) is 9.78 Å². The van der Waals surface area contributed by atoms with Crippen molar-refractivity contribution in [3.05, 3.63) is 52.5 Å². The summed E-state index contributed by atoms with van der Waals surface area (Å²) in [4.78, 5) is 14.3. The van der Waals surface area contributed by atoms with Gasteiger partial charge in [0, 0.05) is 4.91 Å². The van der Waals surface area contributed by atoms with E-state index in [1.54, 1.807) is 0 Å². The van der Waals surface area contributed by atoms with Gasteiger partial charge in [0.25, 0.3) is 0 Å². The molecule has 0 aliphatic rings. The first-order chi connectivity index (χ1) is 9.77. The van der Waals surface area contributed by atoms with E-state index in [4.69, 9.17) is 16.1 Å². The first kappa shape index (κ1) is 13.4. The summed E-state index contributed by atoms with van der Waals surface area (Å²) < 4.78 is 6.21. The van der Waals surface area contributed by atoms with E-state index in [2.05, 4.69) is 20.6 Å². The zero-order chi connectivity index (χ0) is 14.4. The zero-order valence-corrected chi connectivity index (χ0v) is 10.3. The Morgan fingerprint density at radius 1 is 1.50 bits per heavy atom. The van der Waals surface area contributed by atoms with Crippen LogP contribution in [0.4, 0.5) is 5.82 Å². The van der Waals surface area contributed by atoms with Crippen LogP contribution in [0.2, 0.25) is 0 Å². The molecule has 1 aromatic heterocycles. The summed E-state index contributed by atoms with van der Waals surface area (Å²) in [7, 11) is 0. The molecule has 0 unspecified atom stereocenters. The van der Waals surface area contributed by atoms with Gasteiger partial charge in [-0.1, -0.05) is 23.3 Å². The van der Waals surface area contributed by atoms with Gasteiger partial charge in [0.05, 0.1) is 11.9 Å². The van der Waals surface area contributed by atoms with Gasteiger partial charge in [-0.25, -0.2) is 15.3 Å². The predicted octanol–water partition coefficient (Wildman–Crippen LogP) is 1.58. The predicted molar refractivity (Wildman–Crippen MR) is 70.8 cm³/mol. The fourth-order valence-electron chi connectivity index (χ4n) is 1.59. The topological polar surface area (TPSA) is 131 Å². The number of rotatable bonds is 5. The molecule has 0 spiro atoms. The molecule has 0 aliphatic carbocycles. The molecule has 9 nitrogen and oxygen atoms in total. The highest BCUT2D eigenvalue weighted by atomic mass is 16.5. The first-order valence-electron chi connectivity index (χ1n) is 5.56. The quantitative estimate of drug-likeness (QED) is 0.213. The van der Waals surface area contributed by atoms with Gasteiger partial charge in [0.2, 0.25) is 0 Å². The van der Waals surface area contributed by atoms with Crippen LogP contribution in [0, 0.1) is 0 Å². The summed E-state index contributed by atoms with van der Waals surface area (Å²) in [5, 5.41) is 7.19. The van der Waals surface area contributed by atoms with E-state index >= 15 is 0 Å². The molecular formula is C11H11N7O2. The number of carbonyl (C=O) groups is 1. The minimum atomic E-state index is -0.687. The number of hydrogen-bond acceptors (Lipinski definition) is 6. The summed E-state index contributed by atoms with van der Waals surface area (Å²) in [5.41, 5.74) is 11.4. The molecule has 0 amide bonds. The van der Waals surface area contributed by atoms with Crippen LogP contribution in [0.1, 0.15) is 10.4 Å². The van der Waals surface area contributed by atoms with Crippen molar-refractivity contribution in [3.8, 4) is 5.69 Å². The molecule has 2 rings (SSSR count). The summed E-state index contributed by atoms with van der Waals surface area (Å²) in [6, 6.07) is 9.14. The van der Waals surface area contributed by atoms with Gasteiger partial charge in [0.15, 0.2) is 12.5 Å². The molecule has 9 heteroatoms. The van der Waals surface area contributed by atoms with Crippen molar-refractivity contribution >= 4 is 11.8 Å². The molecule has 2 aromatic rings. The van der Waals surface area contributed by atoms with Crippen LogP contribution >= 0.6 is 0 Å². The number of carbonyl (C=O) groups excluding carboxylic acids is 1. The minimum Gasteiger partial charge on any atom is -0.456 e. The molecule has 0 fully saturated rings. The second-order valence-corrected chi connectivity index (χ2v) is 3.59. The third-order valence-electron chi connectivity index (χ3n) is 2.44. The van der Waals surface area contributed by atoms with E-state index in [-0.39, 0.29) is 11.4 Å². The number of hydrazine groups is 1. The first-order valence-corrected chi connectivity index (χ1v) is 5.56. The Balaban J connectivity index is 2.30. The standard InChI is InChI=1S/C11H11N7O2/c12-16-10-9(11(19)20-7-14-17-13)6-15-18(10)8-4-2-1-3-5-8/h1-6,16H,7,12H2. The third kappa shape index (κ3) is 2.69. The zero-order valence-electron chi connectivity index (χ0n) is 10.3. The van der Waals surface area contributed by atoms with E-state index in [0.29, 0.717) is 0 Å². The molecule has 1 heterocycles. The van der Waals surface area contributed by atoms with Crippen LogP contribution in [0.15, 0.2) is 41.6 Å². The summed E-state index contributed by atoms with van der Waals surface area (Å²) >= 11 is 0. The maximum absolute atomic E-state index is 11.8. The number of nitrogens with one attached hydrogen (secondary N) is 1. The minimum absolute atomic E-state index is 0.143.